The number of aryl methyl sites for hydroxylation is 3. The van der Waals surface area contributed by atoms with Gasteiger partial charge in [0, 0.05) is 29.7 Å². The second kappa shape index (κ2) is 9.84. The molecule has 3 rings (SSSR count). The molecule has 1 saturated heterocycles. The Bertz CT molecular complexity index is 855. The third kappa shape index (κ3) is 5.88. The molecule has 0 radical (unpaired) electrons. The maximum Gasteiger partial charge on any atom is 0.260 e. The van der Waals surface area contributed by atoms with Crippen molar-refractivity contribution < 1.29 is 14.3 Å². The minimum Gasteiger partial charge on any atom is -0.483 e. The largest absolute Gasteiger partial charge is 0.483 e. The summed E-state index contributed by atoms with van der Waals surface area (Å²) in [5.74, 6) is 0.677. The summed E-state index contributed by atoms with van der Waals surface area (Å²) in [6.45, 7) is 7.68. The van der Waals surface area contributed by atoms with Gasteiger partial charge in [0.15, 0.2) is 6.61 Å². The Kier molecular flexibility index (Phi) is 7.44. The topological polar surface area (TPSA) is 38.8 Å². The lowest BCUT2D eigenvalue weighted by atomic mass is 10.1. The van der Waals surface area contributed by atoms with E-state index in [0.717, 1.165) is 41.9 Å². The van der Waals surface area contributed by atoms with E-state index in [9.17, 15) is 4.79 Å². The zero-order chi connectivity index (χ0) is 21.0. The highest BCUT2D eigenvalue weighted by molar-refractivity contribution is 6.35. The van der Waals surface area contributed by atoms with Crippen LogP contribution in [0.15, 0.2) is 30.3 Å². The molecule has 29 heavy (non-hydrogen) atoms. The van der Waals surface area contributed by atoms with E-state index < -0.39 is 0 Å². The van der Waals surface area contributed by atoms with Crippen LogP contribution in [0.4, 0.5) is 0 Å². The van der Waals surface area contributed by atoms with Crippen LogP contribution < -0.4 is 4.74 Å². The first-order chi connectivity index (χ1) is 13.8. The quantitative estimate of drug-likeness (QED) is 0.575. The molecule has 156 valence electrons. The molecule has 1 aliphatic heterocycles. The van der Waals surface area contributed by atoms with Crippen LogP contribution in [0.3, 0.4) is 0 Å². The van der Waals surface area contributed by atoms with Gasteiger partial charge >= 0.3 is 0 Å². The molecule has 1 heterocycles. The van der Waals surface area contributed by atoms with E-state index in [-0.39, 0.29) is 18.6 Å². The number of benzene rings is 2. The average Bonchev–Trinajstić information content (AvgIpc) is 3.15. The highest BCUT2D eigenvalue weighted by Gasteiger charge is 2.24. The second-order valence-electron chi connectivity index (χ2n) is 7.66. The number of hydrogen-bond donors (Lipinski definition) is 0. The Balaban J connectivity index is 1.73. The van der Waals surface area contributed by atoms with E-state index in [2.05, 4.69) is 12.1 Å². The lowest BCUT2D eigenvalue weighted by Gasteiger charge is -2.26. The van der Waals surface area contributed by atoms with Crippen molar-refractivity contribution in [2.75, 3.05) is 19.8 Å². The van der Waals surface area contributed by atoms with Crippen LogP contribution in [-0.4, -0.2) is 36.7 Å². The predicted molar refractivity (Wildman–Crippen MR) is 117 cm³/mol. The van der Waals surface area contributed by atoms with Gasteiger partial charge in [-0.3, -0.25) is 4.79 Å². The third-order valence-electron chi connectivity index (χ3n) is 5.12. The molecule has 1 fully saturated rings. The van der Waals surface area contributed by atoms with Crippen LogP contribution in [0.1, 0.15) is 35.1 Å². The van der Waals surface area contributed by atoms with Crippen LogP contribution >= 0.6 is 23.2 Å². The number of carbonyl (C=O) groups is 1. The third-order valence-corrected chi connectivity index (χ3v) is 5.71. The molecular formula is C23H27Cl2NO3. The van der Waals surface area contributed by atoms with Gasteiger partial charge in [0.1, 0.15) is 5.75 Å². The lowest BCUT2D eigenvalue weighted by Crippen LogP contribution is -2.39. The fraction of sp³-hybridized carbons (Fsp3) is 0.435. The summed E-state index contributed by atoms with van der Waals surface area (Å²) in [7, 11) is 0. The van der Waals surface area contributed by atoms with E-state index in [1.165, 1.54) is 5.56 Å². The molecule has 1 amide bonds. The van der Waals surface area contributed by atoms with Crippen LogP contribution in [0.25, 0.3) is 0 Å². The molecule has 0 saturated carbocycles. The van der Waals surface area contributed by atoms with Crippen molar-refractivity contribution in [2.24, 2.45) is 0 Å². The number of carbonyl (C=O) groups excluding carboxylic acids is 1. The smallest absolute Gasteiger partial charge is 0.260 e. The zero-order valence-corrected chi connectivity index (χ0v) is 18.6. The number of ether oxygens (including phenoxy) is 2. The van der Waals surface area contributed by atoms with Crippen LogP contribution in [-0.2, 0) is 16.1 Å². The van der Waals surface area contributed by atoms with Gasteiger partial charge in [0.25, 0.3) is 5.91 Å². The standard InChI is InChI=1S/C23H27Cl2NO3/c1-15-9-16(2)23(17(3)10-15)29-14-22(27)26(13-20-5-4-8-28-20)12-18-6-7-19(24)11-21(18)25/h6-7,9-11,20H,4-5,8,12-14H2,1-3H3/t20-/m1/s1. The molecule has 0 aromatic heterocycles. The molecule has 0 spiro atoms. The van der Waals surface area contributed by atoms with Gasteiger partial charge in [0.2, 0.25) is 0 Å². The van der Waals surface area contributed by atoms with Crippen LogP contribution in [0, 0.1) is 20.8 Å². The molecule has 2 aromatic carbocycles. The lowest BCUT2D eigenvalue weighted by molar-refractivity contribution is -0.135. The van der Waals surface area contributed by atoms with Gasteiger partial charge in [-0.1, -0.05) is 47.0 Å². The van der Waals surface area contributed by atoms with Crippen molar-refractivity contribution in [1.82, 2.24) is 4.90 Å². The summed E-state index contributed by atoms with van der Waals surface area (Å²) in [4.78, 5) is 14.8. The molecule has 0 unspecified atom stereocenters. The molecule has 6 heteroatoms. The number of halogens is 2. The van der Waals surface area contributed by atoms with Crippen molar-refractivity contribution in [3.05, 3.63) is 62.6 Å². The predicted octanol–water partition coefficient (Wildman–Crippen LogP) is 5.51. The average molecular weight is 436 g/mol. The van der Waals surface area contributed by atoms with Gasteiger partial charge in [-0.25, -0.2) is 0 Å². The number of rotatable bonds is 7. The van der Waals surface area contributed by atoms with E-state index >= 15 is 0 Å². The van der Waals surface area contributed by atoms with Crippen LogP contribution in [0.5, 0.6) is 5.75 Å². The molecule has 1 atom stereocenters. The summed E-state index contributed by atoms with van der Waals surface area (Å²) in [6, 6.07) is 9.46. The van der Waals surface area contributed by atoms with Gasteiger partial charge in [-0.05, 0) is 62.4 Å². The minimum absolute atomic E-state index is 0.0251. The molecule has 1 aliphatic rings. The summed E-state index contributed by atoms with van der Waals surface area (Å²) in [6.07, 6.45) is 2.02. The summed E-state index contributed by atoms with van der Waals surface area (Å²) in [5.41, 5.74) is 4.09. The van der Waals surface area contributed by atoms with Gasteiger partial charge < -0.3 is 14.4 Å². The molecule has 0 bridgehead atoms. The molecular weight excluding hydrogens is 409 g/mol. The summed E-state index contributed by atoms with van der Waals surface area (Å²) < 4.78 is 11.7. The van der Waals surface area contributed by atoms with E-state index in [1.54, 1.807) is 17.0 Å². The SMILES string of the molecule is Cc1cc(C)c(OCC(=O)N(Cc2ccc(Cl)cc2Cl)C[C@H]2CCCO2)c(C)c1. The van der Waals surface area contributed by atoms with E-state index in [4.69, 9.17) is 32.7 Å². The second-order valence-corrected chi connectivity index (χ2v) is 8.51. The van der Waals surface area contributed by atoms with E-state index in [1.807, 2.05) is 26.8 Å². The number of nitrogens with zero attached hydrogens (tertiary/aromatic N) is 1. The zero-order valence-electron chi connectivity index (χ0n) is 17.1. The molecule has 2 aromatic rings. The first-order valence-corrected chi connectivity index (χ1v) is 10.6. The Hall–Kier alpha value is -1.75. The van der Waals surface area contributed by atoms with Crippen molar-refractivity contribution in [3.8, 4) is 5.75 Å². The maximum atomic E-state index is 13.1. The Morgan fingerprint density at radius 1 is 1.17 bits per heavy atom. The van der Waals surface area contributed by atoms with Crippen LogP contribution in [0.2, 0.25) is 10.0 Å². The number of hydrogen-bond acceptors (Lipinski definition) is 3. The van der Waals surface area contributed by atoms with Crippen molar-refractivity contribution in [3.63, 3.8) is 0 Å². The number of amides is 1. The minimum atomic E-state index is -0.0918. The summed E-state index contributed by atoms with van der Waals surface area (Å²) in [5, 5.41) is 1.12. The normalized spacial score (nSPS) is 16.1. The van der Waals surface area contributed by atoms with Crippen molar-refractivity contribution in [1.29, 1.82) is 0 Å². The Morgan fingerprint density at radius 3 is 2.52 bits per heavy atom. The Morgan fingerprint density at radius 2 is 1.90 bits per heavy atom. The van der Waals surface area contributed by atoms with E-state index in [0.29, 0.717) is 23.1 Å². The highest BCUT2D eigenvalue weighted by Crippen LogP contribution is 2.26. The maximum absolute atomic E-state index is 13.1. The molecule has 4 nitrogen and oxygen atoms in total. The fourth-order valence-corrected chi connectivity index (χ4v) is 4.23. The summed E-state index contributed by atoms with van der Waals surface area (Å²) >= 11 is 12.3. The van der Waals surface area contributed by atoms with Gasteiger partial charge in [-0.15, -0.1) is 0 Å². The van der Waals surface area contributed by atoms with Crippen molar-refractivity contribution in [2.45, 2.75) is 46.3 Å². The fourth-order valence-electron chi connectivity index (χ4n) is 3.76. The van der Waals surface area contributed by atoms with Gasteiger partial charge in [0.05, 0.1) is 6.10 Å². The highest BCUT2D eigenvalue weighted by atomic mass is 35.5. The monoisotopic (exact) mass is 435 g/mol. The first-order valence-electron chi connectivity index (χ1n) is 9.87. The Labute approximate surface area is 182 Å². The molecule has 0 aliphatic carbocycles. The van der Waals surface area contributed by atoms with Crippen molar-refractivity contribution >= 4 is 29.1 Å². The molecule has 0 N–H and O–H groups in total. The van der Waals surface area contributed by atoms with Gasteiger partial charge in [-0.2, -0.15) is 0 Å². The first kappa shape index (κ1) is 21.9.